The van der Waals surface area contributed by atoms with E-state index in [4.69, 9.17) is 9.47 Å². The van der Waals surface area contributed by atoms with Crippen molar-refractivity contribution < 1.29 is 29.0 Å². The molecule has 0 fully saturated rings. The smallest absolute Gasteiger partial charge is 0.478 e. The third kappa shape index (κ3) is 6.01. The number of aryl methyl sites for hydroxylation is 1. The maximum absolute atomic E-state index is 12.9. The van der Waals surface area contributed by atoms with E-state index in [0.29, 0.717) is 16.9 Å². The first kappa shape index (κ1) is 24.5. The summed E-state index contributed by atoms with van der Waals surface area (Å²) in [5.41, 5.74) is 3.20. The van der Waals surface area contributed by atoms with Gasteiger partial charge in [0.2, 0.25) is 0 Å². The number of anilines is 1. The molecule has 0 spiro atoms. The monoisotopic (exact) mass is 461 g/mol. The van der Waals surface area contributed by atoms with Gasteiger partial charge in [0.15, 0.2) is 0 Å². The molecule has 0 bridgehead atoms. The lowest BCUT2D eigenvalue weighted by Crippen LogP contribution is -2.25. The molecule has 3 aromatic carbocycles. The number of benzene rings is 3. The Morgan fingerprint density at radius 2 is 1.50 bits per heavy atom. The van der Waals surface area contributed by atoms with E-state index >= 15 is 0 Å². The Labute approximate surface area is 198 Å². The summed E-state index contributed by atoms with van der Waals surface area (Å²) in [6.45, 7) is 8.99. The highest BCUT2D eigenvalue weighted by Gasteiger charge is 2.19. The van der Waals surface area contributed by atoms with Crippen molar-refractivity contribution in [2.24, 2.45) is 0 Å². The largest absolute Gasteiger partial charge is 0.514 e. The highest BCUT2D eigenvalue weighted by molar-refractivity contribution is 6.09. The lowest BCUT2D eigenvalue weighted by atomic mass is 10.0. The maximum Gasteiger partial charge on any atom is 0.514 e. The third-order valence-electron chi connectivity index (χ3n) is 5.13. The fraction of sp³-hybridized carbons (Fsp3) is 0.222. The summed E-state index contributed by atoms with van der Waals surface area (Å²) < 4.78 is 10.3. The molecule has 7 nitrogen and oxygen atoms in total. The summed E-state index contributed by atoms with van der Waals surface area (Å²) in [5, 5.41) is 12.3. The molecule has 0 saturated heterocycles. The van der Waals surface area contributed by atoms with Gasteiger partial charge in [-0.2, -0.15) is 0 Å². The van der Waals surface area contributed by atoms with Gasteiger partial charge in [0.25, 0.3) is 5.91 Å². The Morgan fingerprint density at radius 3 is 2.12 bits per heavy atom. The van der Waals surface area contributed by atoms with E-state index in [1.807, 2.05) is 19.9 Å². The molecule has 3 rings (SSSR count). The second-order valence-corrected chi connectivity index (χ2v) is 8.86. The normalized spacial score (nSPS) is 11.0. The van der Waals surface area contributed by atoms with Gasteiger partial charge in [0.05, 0.1) is 11.3 Å². The van der Waals surface area contributed by atoms with E-state index in [0.717, 1.165) is 16.7 Å². The van der Waals surface area contributed by atoms with Gasteiger partial charge in [0.1, 0.15) is 11.4 Å². The van der Waals surface area contributed by atoms with E-state index in [1.165, 1.54) is 6.07 Å². The molecule has 0 saturated carbocycles. The van der Waals surface area contributed by atoms with Gasteiger partial charge in [-0.15, -0.1) is 0 Å². The van der Waals surface area contributed by atoms with Gasteiger partial charge in [-0.1, -0.05) is 30.3 Å². The molecule has 0 aliphatic carbocycles. The molecule has 0 aliphatic rings. The molecule has 0 radical (unpaired) electrons. The summed E-state index contributed by atoms with van der Waals surface area (Å²) in [7, 11) is 0. The second-order valence-electron chi connectivity index (χ2n) is 8.86. The van der Waals surface area contributed by atoms with Crippen LogP contribution in [0.1, 0.15) is 52.6 Å². The van der Waals surface area contributed by atoms with Crippen LogP contribution in [0.15, 0.2) is 60.7 Å². The minimum absolute atomic E-state index is 0.0210. The minimum atomic E-state index is -1.15. The van der Waals surface area contributed by atoms with Crippen molar-refractivity contribution in [3.05, 3.63) is 82.9 Å². The molecule has 3 aromatic rings. The molecule has 34 heavy (non-hydrogen) atoms. The standard InChI is InChI=1S/C27H27NO6/c1-16-7-6-8-21(17(16)2)24(29)28-23-15-19(11-14-22(23)25(30)31)18-9-12-20(13-10-18)33-26(32)34-27(3,4)5/h6-15H,1-5H3,(H,28,29)(H,30,31). The third-order valence-corrected chi connectivity index (χ3v) is 5.13. The van der Waals surface area contributed by atoms with Gasteiger partial charge >= 0.3 is 12.1 Å². The van der Waals surface area contributed by atoms with Crippen molar-refractivity contribution >= 4 is 23.7 Å². The van der Waals surface area contributed by atoms with Crippen molar-refractivity contribution in [1.82, 2.24) is 0 Å². The van der Waals surface area contributed by atoms with Gasteiger partial charge in [0, 0.05) is 5.56 Å². The van der Waals surface area contributed by atoms with Crippen LogP contribution >= 0.6 is 0 Å². The van der Waals surface area contributed by atoms with Crippen LogP contribution in [-0.2, 0) is 4.74 Å². The summed E-state index contributed by atoms with van der Waals surface area (Å²) in [4.78, 5) is 36.5. The predicted octanol–water partition coefficient (Wildman–Crippen LogP) is 6.23. The summed E-state index contributed by atoms with van der Waals surface area (Å²) in [5.74, 6) is -1.23. The van der Waals surface area contributed by atoms with Gasteiger partial charge in [-0.3, -0.25) is 4.79 Å². The predicted molar refractivity (Wildman–Crippen MR) is 130 cm³/mol. The number of aromatic carboxylic acids is 1. The van der Waals surface area contributed by atoms with Crippen molar-refractivity contribution in [2.45, 2.75) is 40.2 Å². The number of carbonyl (C=O) groups is 3. The average Bonchev–Trinajstić information content (AvgIpc) is 2.74. The molecule has 0 aliphatic heterocycles. The number of ether oxygens (including phenoxy) is 2. The first-order valence-corrected chi connectivity index (χ1v) is 10.7. The summed E-state index contributed by atoms with van der Waals surface area (Å²) in [6.07, 6.45) is -0.803. The molecular weight excluding hydrogens is 434 g/mol. The lowest BCUT2D eigenvalue weighted by molar-refractivity contribution is 0.0206. The fourth-order valence-electron chi connectivity index (χ4n) is 3.28. The topological polar surface area (TPSA) is 102 Å². The van der Waals surface area contributed by atoms with Crippen molar-refractivity contribution in [2.75, 3.05) is 5.32 Å². The number of hydrogen-bond acceptors (Lipinski definition) is 5. The van der Waals surface area contributed by atoms with E-state index in [1.54, 1.807) is 69.3 Å². The second kappa shape index (κ2) is 9.79. The zero-order chi connectivity index (χ0) is 25.0. The number of hydrogen-bond donors (Lipinski definition) is 2. The molecule has 0 aromatic heterocycles. The Hall–Kier alpha value is -4.13. The van der Waals surface area contributed by atoms with E-state index in [9.17, 15) is 19.5 Å². The number of carboxylic acid groups (broad SMARTS) is 1. The zero-order valence-corrected chi connectivity index (χ0v) is 19.8. The SMILES string of the molecule is Cc1cccc(C(=O)Nc2cc(-c3ccc(OC(=O)OC(C)(C)C)cc3)ccc2C(=O)O)c1C. The van der Waals surface area contributed by atoms with Crippen LogP contribution in [-0.4, -0.2) is 28.7 Å². The highest BCUT2D eigenvalue weighted by Crippen LogP contribution is 2.28. The van der Waals surface area contributed by atoms with E-state index < -0.39 is 17.7 Å². The number of rotatable bonds is 5. The summed E-state index contributed by atoms with van der Waals surface area (Å²) >= 11 is 0. The van der Waals surface area contributed by atoms with E-state index in [-0.39, 0.29) is 17.2 Å². The lowest BCUT2D eigenvalue weighted by Gasteiger charge is -2.18. The molecule has 0 atom stereocenters. The van der Waals surface area contributed by atoms with Crippen LogP contribution in [0.5, 0.6) is 5.75 Å². The van der Waals surface area contributed by atoms with Crippen LogP contribution in [0, 0.1) is 13.8 Å². The van der Waals surface area contributed by atoms with Crippen molar-refractivity contribution in [1.29, 1.82) is 0 Å². The number of amides is 1. The van der Waals surface area contributed by atoms with Crippen molar-refractivity contribution in [3.63, 3.8) is 0 Å². The molecule has 176 valence electrons. The van der Waals surface area contributed by atoms with Crippen LogP contribution in [0.25, 0.3) is 11.1 Å². The first-order valence-electron chi connectivity index (χ1n) is 10.7. The molecule has 0 heterocycles. The quantitative estimate of drug-likeness (QED) is 0.345. The van der Waals surface area contributed by atoms with Crippen LogP contribution in [0.3, 0.4) is 0 Å². The molecular formula is C27H27NO6. The Morgan fingerprint density at radius 1 is 0.853 bits per heavy atom. The maximum atomic E-state index is 12.9. The molecule has 7 heteroatoms. The van der Waals surface area contributed by atoms with Gasteiger partial charge in [-0.05, 0) is 87.2 Å². The average molecular weight is 462 g/mol. The highest BCUT2D eigenvalue weighted by atomic mass is 16.7. The van der Waals surface area contributed by atoms with Crippen LogP contribution < -0.4 is 10.1 Å². The molecule has 0 unspecified atom stereocenters. The van der Waals surface area contributed by atoms with E-state index in [2.05, 4.69) is 5.32 Å². The van der Waals surface area contributed by atoms with Crippen molar-refractivity contribution in [3.8, 4) is 16.9 Å². The Balaban J connectivity index is 1.86. The molecule has 2 N–H and O–H groups in total. The van der Waals surface area contributed by atoms with Gasteiger partial charge in [-0.25, -0.2) is 9.59 Å². The fourth-order valence-corrected chi connectivity index (χ4v) is 3.28. The first-order chi connectivity index (χ1) is 15.9. The molecule has 1 amide bonds. The van der Waals surface area contributed by atoms with Crippen LogP contribution in [0.2, 0.25) is 0 Å². The van der Waals surface area contributed by atoms with Crippen LogP contribution in [0.4, 0.5) is 10.5 Å². The number of nitrogens with one attached hydrogen (secondary N) is 1. The van der Waals surface area contributed by atoms with Gasteiger partial charge < -0.3 is 19.9 Å². The summed E-state index contributed by atoms with van der Waals surface area (Å²) in [6, 6.07) is 16.8. The zero-order valence-electron chi connectivity index (χ0n) is 19.8. The number of carboxylic acids is 1. The Kier molecular flexibility index (Phi) is 7.05. The number of carbonyl (C=O) groups excluding carboxylic acids is 2. The minimum Gasteiger partial charge on any atom is -0.478 e. The Bertz CT molecular complexity index is 1240.